The molecule has 0 atom stereocenters. The largest absolute Gasteiger partial charge is 0.476 e. The van der Waals surface area contributed by atoms with Crippen LogP contribution in [-0.4, -0.2) is 36.2 Å². The molecule has 0 aromatic carbocycles. The maximum absolute atomic E-state index is 10.6. The first kappa shape index (κ1) is 12.2. The minimum atomic E-state index is -1.12. The second-order valence-electron chi connectivity index (χ2n) is 3.81. The topological polar surface area (TPSA) is 107 Å². The van der Waals surface area contributed by atoms with Crippen LogP contribution in [0.4, 0.5) is 0 Å². The van der Waals surface area contributed by atoms with Gasteiger partial charge >= 0.3 is 5.97 Å². The molecule has 1 N–H and O–H groups in total. The predicted molar refractivity (Wildman–Crippen MR) is 59.0 cm³/mol. The van der Waals surface area contributed by atoms with Gasteiger partial charge in [0.25, 0.3) is 0 Å². The van der Waals surface area contributed by atoms with E-state index in [9.17, 15) is 4.79 Å². The summed E-state index contributed by atoms with van der Waals surface area (Å²) in [4.78, 5) is 14.8. The van der Waals surface area contributed by atoms with E-state index in [4.69, 9.17) is 9.63 Å². The summed E-state index contributed by atoms with van der Waals surface area (Å²) in [5.41, 5.74) is -0.110. The molecule has 0 saturated carbocycles. The van der Waals surface area contributed by atoms with Gasteiger partial charge in [-0.25, -0.2) is 9.48 Å². The van der Waals surface area contributed by atoms with Crippen LogP contribution in [0.25, 0.3) is 0 Å². The summed E-state index contributed by atoms with van der Waals surface area (Å²) in [5.74, 6) is -0.0659. The maximum Gasteiger partial charge on any atom is 0.358 e. The van der Waals surface area contributed by atoms with Crippen molar-refractivity contribution in [1.29, 1.82) is 0 Å². The number of unbranched alkanes of at least 4 members (excludes halogenated alkanes) is 1. The van der Waals surface area contributed by atoms with Crippen LogP contribution in [0.15, 0.2) is 10.7 Å². The van der Waals surface area contributed by atoms with E-state index in [1.807, 2.05) is 0 Å². The van der Waals surface area contributed by atoms with Crippen LogP contribution in [0, 0.1) is 0 Å². The first-order valence-electron chi connectivity index (χ1n) is 5.64. The molecule has 0 spiro atoms. The van der Waals surface area contributed by atoms with Gasteiger partial charge in [0.2, 0.25) is 5.89 Å². The Balaban J connectivity index is 1.99. The molecule has 0 fully saturated rings. The molecule has 8 nitrogen and oxygen atoms in total. The molecular weight excluding hydrogens is 238 g/mol. The summed E-state index contributed by atoms with van der Waals surface area (Å²) in [6.07, 6.45) is 4.16. The van der Waals surface area contributed by atoms with Gasteiger partial charge in [-0.2, -0.15) is 4.98 Å². The summed E-state index contributed by atoms with van der Waals surface area (Å²) in [5, 5.41) is 19.7. The summed E-state index contributed by atoms with van der Waals surface area (Å²) in [6, 6.07) is 0. The van der Waals surface area contributed by atoms with Gasteiger partial charge in [-0.05, 0) is 6.42 Å². The Hall–Kier alpha value is -2.25. The van der Waals surface area contributed by atoms with Gasteiger partial charge < -0.3 is 9.63 Å². The summed E-state index contributed by atoms with van der Waals surface area (Å²) in [6.45, 7) is 2.31. The molecule has 96 valence electrons. The Morgan fingerprint density at radius 2 is 2.39 bits per heavy atom. The number of aromatic nitrogens is 5. The number of rotatable bonds is 6. The average molecular weight is 251 g/mol. The molecule has 0 amide bonds. The SMILES string of the molecule is CCCCc1noc(Cn2cc(C(=O)O)nn2)n1. The zero-order valence-corrected chi connectivity index (χ0v) is 9.91. The van der Waals surface area contributed by atoms with E-state index < -0.39 is 5.97 Å². The summed E-state index contributed by atoms with van der Waals surface area (Å²) >= 11 is 0. The standard InChI is InChI=1S/C10H13N5O3/c1-2-3-4-8-11-9(18-13-8)6-15-5-7(10(16)17)12-14-15/h5H,2-4,6H2,1H3,(H,16,17). The molecule has 0 saturated heterocycles. The molecule has 0 unspecified atom stereocenters. The van der Waals surface area contributed by atoms with Crippen molar-refractivity contribution >= 4 is 5.97 Å². The van der Waals surface area contributed by atoms with E-state index in [1.165, 1.54) is 10.9 Å². The lowest BCUT2D eigenvalue weighted by atomic mass is 10.2. The fourth-order valence-corrected chi connectivity index (χ4v) is 1.40. The number of hydrogen-bond donors (Lipinski definition) is 1. The number of carboxylic acid groups (broad SMARTS) is 1. The van der Waals surface area contributed by atoms with Crippen LogP contribution in [0.2, 0.25) is 0 Å². The fourth-order valence-electron chi connectivity index (χ4n) is 1.40. The Labute approximate surface area is 103 Å². The lowest BCUT2D eigenvalue weighted by Crippen LogP contribution is -2.01. The first-order valence-corrected chi connectivity index (χ1v) is 5.64. The molecule has 0 aliphatic heterocycles. The van der Waals surface area contributed by atoms with Crippen molar-refractivity contribution in [2.75, 3.05) is 0 Å². The second-order valence-corrected chi connectivity index (χ2v) is 3.81. The van der Waals surface area contributed by atoms with Crippen molar-refractivity contribution in [2.45, 2.75) is 32.7 Å². The molecule has 8 heteroatoms. The lowest BCUT2D eigenvalue weighted by molar-refractivity contribution is 0.0690. The van der Waals surface area contributed by atoms with Gasteiger partial charge in [-0.15, -0.1) is 5.10 Å². The molecule has 18 heavy (non-hydrogen) atoms. The Morgan fingerprint density at radius 1 is 1.56 bits per heavy atom. The van der Waals surface area contributed by atoms with Gasteiger partial charge in [-0.3, -0.25) is 0 Å². The maximum atomic E-state index is 10.6. The molecule has 2 heterocycles. The zero-order chi connectivity index (χ0) is 13.0. The minimum absolute atomic E-state index is 0.110. The van der Waals surface area contributed by atoms with Crippen LogP contribution in [0.1, 0.15) is 42.0 Å². The molecular formula is C10H13N5O3. The van der Waals surface area contributed by atoms with E-state index in [1.54, 1.807) is 0 Å². The molecule has 0 bridgehead atoms. The number of hydrogen-bond acceptors (Lipinski definition) is 6. The highest BCUT2D eigenvalue weighted by Gasteiger charge is 2.11. The average Bonchev–Trinajstić information content (AvgIpc) is 2.96. The van der Waals surface area contributed by atoms with Crippen LogP contribution in [0.3, 0.4) is 0 Å². The van der Waals surface area contributed by atoms with Gasteiger partial charge in [0.15, 0.2) is 11.5 Å². The van der Waals surface area contributed by atoms with Crippen LogP contribution >= 0.6 is 0 Å². The third kappa shape index (κ3) is 2.90. The molecule has 2 aromatic rings. The fraction of sp³-hybridized carbons (Fsp3) is 0.500. The first-order chi connectivity index (χ1) is 8.69. The quantitative estimate of drug-likeness (QED) is 0.807. The van der Waals surface area contributed by atoms with E-state index in [0.29, 0.717) is 11.7 Å². The van der Waals surface area contributed by atoms with Crippen molar-refractivity contribution in [3.8, 4) is 0 Å². The van der Waals surface area contributed by atoms with Crippen molar-refractivity contribution in [2.24, 2.45) is 0 Å². The monoisotopic (exact) mass is 251 g/mol. The smallest absolute Gasteiger partial charge is 0.358 e. The second kappa shape index (κ2) is 5.39. The van der Waals surface area contributed by atoms with Gasteiger partial charge in [0.05, 0.1) is 6.20 Å². The number of carboxylic acids is 1. The third-order valence-corrected chi connectivity index (χ3v) is 2.32. The summed E-state index contributed by atoms with van der Waals surface area (Å²) < 4.78 is 6.39. The molecule has 0 radical (unpaired) electrons. The Kier molecular flexibility index (Phi) is 3.66. The molecule has 2 rings (SSSR count). The number of carbonyl (C=O) groups is 1. The predicted octanol–water partition coefficient (Wildman–Crippen LogP) is 0.750. The van der Waals surface area contributed by atoms with Gasteiger partial charge in [0.1, 0.15) is 6.54 Å². The van der Waals surface area contributed by atoms with Crippen molar-refractivity contribution in [1.82, 2.24) is 25.1 Å². The number of aryl methyl sites for hydroxylation is 1. The number of aromatic carboxylic acids is 1. The third-order valence-electron chi connectivity index (χ3n) is 2.32. The van der Waals surface area contributed by atoms with Crippen molar-refractivity contribution in [3.05, 3.63) is 23.6 Å². The van der Waals surface area contributed by atoms with E-state index in [2.05, 4.69) is 27.4 Å². The van der Waals surface area contributed by atoms with E-state index >= 15 is 0 Å². The molecule has 2 aromatic heterocycles. The Bertz CT molecular complexity index is 533. The van der Waals surface area contributed by atoms with Gasteiger partial charge in [0, 0.05) is 6.42 Å². The molecule has 0 aliphatic rings. The highest BCUT2D eigenvalue weighted by atomic mass is 16.5. The van der Waals surface area contributed by atoms with Crippen LogP contribution in [0.5, 0.6) is 0 Å². The highest BCUT2D eigenvalue weighted by molar-refractivity contribution is 5.84. The zero-order valence-electron chi connectivity index (χ0n) is 9.91. The lowest BCUT2D eigenvalue weighted by Gasteiger charge is -1.92. The van der Waals surface area contributed by atoms with Gasteiger partial charge in [-0.1, -0.05) is 23.7 Å². The molecule has 0 aliphatic carbocycles. The van der Waals surface area contributed by atoms with Crippen molar-refractivity contribution < 1.29 is 14.4 Å². The normalized spacial score (nSPS) is 10.7. The van der Waals surface area contributed by atoms with Crippen LogP contribution in [-0.2, 0) is 13.0 Å². The van der Waals surface area contributed by atoms with E-state index in [0.717, 1.165) is 19.3 Å². The summed E-state index contributed by atoms with van der Waals surface area (Å²) in [7, 11) is 0. The van der Waals surface area contributed by atoms with Crippen molar-refractivity contribution in [3.63, 3.8) is 0 Å². The van der Waals surface area contributed by atoms with Crippen LogP contribution < -0.4 is 0 Å². The highest BCUT2D eigenvalue weighted by Crippen LogP contribution is 2.04. The minimum Gasteiger partial charge on any atom is -0.476 e. The Morgan fingerprint density at radius 3 is 3.06 bits per heavy atom. The number of nitrogens with zero attached hydrogens (tertiary/aromatic N) is 5. The van der Waals surface area contributed by atoms with E-state index in [-0.39, 0.29) is 12.2 Å².